The van der Waals surface area contributed by atoms with Gasteiger partial charge in [-0.2, -0.15) is 0 Å². The smallest absolute Gasteiger partial charge is 0.385 e. The first kappa shape index (κ1) is 39.8. The van der Waals surface area contributed by atoms with Crippen molar-refractivity contribution in [3.63, 3.8) is 0 Å². The molecule has 5 nitrogen and oxygen atoms in total. The molecule has 0 unspecified atom stereocenters. The summed E-state index contributed by atoms with van der Waals surface area (Å²) in [6.07, 6.45) is 45.3. The lowest BCUT2D eigenvalue weighted by Gasteiger charge is -2.10. The Hall–Kier alpha value is -2.23. The van der Waals surface area contributed by atoms with E-state index in [1.54, 1.807) is 0 Å². The van der Waals surface area contributed by atoms with Gasteiger partial charge in [-0.25, -0.2) is 0 Å². The van der Waals surface area contributed by atoms with Crippen LogP contribution < -0.4 is 0 Å². The van der Waals surface area contributed by atoms with E-state index in [0.29, 0.717) is 12.8 Å². The summed E-state index contributed by atoms with van der Waals surface area (Å²) < 4.78 is 9.75. The minimum absolute atomic E-state index is 0.235. The van der Waals surface area contributed by atoms with Crippen LogP contribution in [0.15, 0.2) is 72.9 Å². The van der Waals surface area contributed by atoms with Crippen LogP contribution in [0.3, 0.4) is 0 Å². The molecule has 0 saturated heterocycles. The van der Waals surface area contributed by atoms with Crippen LogP contribution in [0.4, 0.5) is 0 Å². The van der Waals surface area contributed by atoms with Gasteiger partial charge in [0.2, 0.25) is 0 Å². The van der Waals surface area contributed by atoms with Gasteiger partial charge < -0.3 is 13.9 Å². The molecule has 0 rings (SSSR count). The summed E-state index contributed by atoms with van der Waals surface area (Å²) in [6.45, 7) is 4.28. The number of hydrogen-bond donors (Lipinski definition) is 1. The van der Waals surface area contributed by atoms with E-state index in [9.17, 15) is 14.5 Å². The minimum atomic E-state index is -2.48. The Morgan fingerprint density at radius 3 is 1.17 bits per heavy atom. The number of carbonyl (C=O) groups is 2. The van der Waals surface area contributed by atoms with Crippen LogP contribution in [0.25, 0.3) is 0 Å². The third-order valence-electron chi connectivity index (χ3n) is 6.42. The molecule has 0 amide bonds. The van der Waals surface area contributed by atoms with E-state index in [4.69, 9.17) is 9.05 Å². The Bertz CT molecular complexity index is 744. The van der Waals surface area contributed by atoms with Crippen LogP contribution in [-0.4, -0.2) is 16.8 Å². The van der Waals surface area contributed by atoms with Gasteiger partial charge in [-0.1, -0.05) is 125 Å². The SMILES string of the molecule is CC/C=C\C/C=C\C/C=C\CCCCCCCC(=O)OP(O)OC(=O)CCCCCCC/C=C\C/C=C\C/C=C\CC. The predicted octanol–water partition coefficient (Wildman–Crippen LogP) is 11.5. The summed E-state index contributed by atoms with van der Waals surface area (Å²) in [6, 6.07) is 0. The number of hydrogen-bond acceptors (Lipinski definition) is 5. The number of unbranched alkanes of at least 4 members (excludes halogenated alkanes) is 10. The maximum atomic E-state index is 11.9. The van der Waals surface area contributed by atoms with Gasteiger partial charge in [0, 0.05) is 12.8 Å². The second-order valence-corrected chi connectivity index (χ2v) is 11.2. The van der Waals surface area contributed by atoms with Crippen molar-refractivity contribution < 1.29 is 23.5 Å². The van der Waals surface area contributed by atoms with Crippen LogP contribution >= 0.6 is 8.60 Å². The maximum Gasteiger partial charge on any atom is 0.464 e. The highest BCUT2D eigenvalue weighted by atomic mass is 31.2. The van der Waals surface area contributed by atoms with E-state index in [1.807, 2.05) is 0 Å². The first-order chi connectivity index (χ1) is 20.6. The number of allylic oxidation sites excluding steroid dienone is 12. The van der Waals surface area contributed by atoms with E-state index < -0.39 is 20.5 Å². The molecule has 0 atom stereocenters. The Kier molecular flexibility index (Phi) is 31.5. The second-order valence-electron chi connectivity index (χ2n) is 10.4. The highest BCUT2D eigenvalue weighted by Gasteiger charge is 2.18. The number of carbonyl (C=O) groups excluding carboxylic acids is 2. The van der Waals surface area contributed by atoms with Crippen molar-refractivity contribution in [3.8, 4) is 0 Å². The molecule has 0 fully saturated rings. The van der Waals surface area contributed by atoms with Crippen LogP contribution in [0, 0.1) is 0 Å². The van der Waals surface area contributed by atoms with Crippen molar-refractivity contribution in [3.05, 3.63) is 72.9 Å². The van der Waals surface area contributed by atoms with Crippen LogP contribution in [0.1, 0.15) is 142 Å². The van der Waals surface area contributed by atoms with Gasteiger partial charge in [-0.3, -0.25) is 9.59 Å². The molecular weight excluding hydrogens is 543 g/mol. The fourth-order valence-corrected chi connectivity index (χ4v) is 4.63. The van der Waals surface area contributed by atoms with E-state index in [-0.39, 0.29) is 12.8 Å². The standard InChI is InChI=1S/C36H59O5P/c1-3-5-7-9-11-13-15-17-19-21-23-25-27-29-31-33-35(37)40-42(39)41-36(38)34-32-30-28-26-24-22-20-18-16-14-12-10-8-6-4-2/h5-8,11-14,17-20,39H,3-4,9-10,15-16,21-34H2,1-2H3/b7-5-,8-6-,13-11-,14-12-,19-17-,20-18-. The summed E-state index contributed by atoms with van der Waals surface area (Å²) in [5, 5.41) is 0. The zero-order chi connectivity index (χ0) is 30.8. The predicted molar refractivity (Wildman–Crippen MR) is 180 cm³/mol. The Labute approximate surface area is 258 Å². The molecule has 0 aromatic heterocycles. The van der Waals surface area contributed by atoms with Crippen molar-refractivity contribution in [2.75, 3.05) is 0 Å². The summed E-state index contributed by atoms with van der Waals surface area (Å²) in [4.78, 5) is 33.6. The summed E-state index contributed by atoms with van der Waals surface area (Å²) >= 11 is 0. The van der Waals surface area contributed by atoms with Crippen LogP contribution in [0.5, 0.6) is 0 Å². The van der Waals surface area contributed by atoms with E-state index in [2.05, 4.69) is 86.8 Å². The second kappa shape index (κ2) is 33.3. The Morgan fingerprint density at radius 2 is 0.786 bits per heavy atom. The Balaban J connectivity index is 3.57. The van der Waals surface area contributed by atoms with Crippen LogP contribution in [-0.2, 0) is 18.6 Å². The zero-order valence-electron chi connectivity index (χ0n) is 26.6. The quantitative estimate of drug-likeness (QED) is 0.0548. The van der Waals surface area contributed by atoms with Crippen LogP contribution in [0.2, 0.25) is 0 Å². The minimum Gasteiger partial charge on any atom is -0.385 e. The fraction of sp³-hybridized carbons (Fsp3) is 0.611. The topological polar surface area (TPSA) is 72.8 Å². The van der Waals surface area contributed by atoms with Crippen molar-refractivity contribution in [2.24, 2.45) is 0 Å². The molecular formula is C36H59O5P. The molecule has 238 valence electrons. The summed E-state index contributed by atoms with van der Waals surface area (Å²) in [5.74, 6) is -1.02. The fourth-order valence-electron chi connectivity index (χ4n) is 4.06. The average molecular weight is 603 g/mol. The molecule has 0 heterocycles. The lowest BCUT2D eigenvalue weighted by atomic mass is 10.1. The van der Waals surface area contributed by atoms with Gasteiger partial charge >= 0.3 is 20.5 Å². The molecule has 0 radical (unpaired) electrons. The van der Waals surface area contributed by atoms with Crippen molar-refractivity contribution in [1.82, 2.24) is 0 Å². The molecule has 1 N–H and O–H groups in total. The molecule has 0 aliphatic carbocycles. The highest BCUT2D eigenvalue weighted by molar-refractivity contribution is 7.41. The van der Waals surface area contributed by atoms with Gasteiger partial charge in [0.15, 0.2) is 0 Å². The molecule has 42 heavy (non-hydrogen) atoms. The van der Waals surface area contributed by atoms with Crippen molar-refractivity contribution in [1.29, 1.82) is 0 Å². The molecule has 0 aliphatic rings. The van der Waals surface area contributed by atoms with Gasteiger partial charge in [-0.15, -0.1) is 0 Å². The highest BCUT2D eigenvalue weighted by Crippen LogP contribution is 2.34. The first-order valence-electron chi connectivity index (χ1n) is 16.4. The molecule has 6 heteroatoms. The summed E-state index contributed by atoms with van der Waals surface area (Å²) in [5.41, 5.74) is 0. The molecule has 0 aliphatic heterocycles. The van der Waals surface area contributed by atoms with Crippen molar-refractivity contribution in [2.45, 2.75) is 142 Å². The first-order valence-corrected chi connectivity index (χ1v) is 17.5. The van der Waals surface area contributed by atoms with E-state index >= 15 is 0 Å². The Morgan fingerprint density at radius 1 is 0.476 bits per heavy atom. The normalized spacial score (nSPS) is 12.5. The molecule has 0 aromatic carbocycles. The molecule has 0 saturated carbocycles. The zero-order valence-corrected chi connectivity index (χ0v) is 27.5. The lowest BCUT2D eigenvalue weighted by molar-refractivity contribution is -0.138. The van der Waals surface area contributed by atoms with Gasteiger partial charge in [0.25, 0.3) is 0 Å². The lowest BCUT2D eigenvalue weighted by Crippen LogP contribution is -2.06. The van der Waals surface area contributed by atoms with Crippen molar-refractivity contribution >= 4 is 20.5 Å². The maximum absolute atomic E-state index is 11.9. The van der Waals surface area contributed by atoms with E-state index in [0.717, 1.165) is 103 Å². The third kappa shape index (κ3) is 32.3. The molecule has 0 bridgehead atoms. The van der Waals surface area contributed by atoms with Gasteiger partial charge in [0.05, 0.1) is 0 Å². The van der Waals surface area contributed by atoms with E-state index in [1.165, 1.54) is 0 Å². The third-order valence-corrected chi connectivity index (χ3v) is 7.14. The molecule has 0 spiro atoms. The number of rotatable bonds is 28. The monoisotopic (exact) mass is 602 g/mol. The summed E-state index contributed by atoms with van der Waals surface area (Å²) in [7, 11) is -2.48. The van der Waals surface area contributed by atoms with Gasteiger partial charge in [0.1, 0.15) is 0 Å². The molecule has 0 aromatic rings. The average Bonchev–Trinajstić information content (AvgIpc) is 2.97. The van der Waals surface area contributed by atoms with Gasteiger partial charge in [-0.05, 0) is 77.0 Å². The largest absolute Gasteiger partial charge is 0.464 e.